The van der Waals surface area contributed by atoms with Gasteiger partial charge in [-0.25, -0.2) is 0 Å². The minimum Gasteiger partial charge on any atom is -0.390 e. The molecule has 1 aromatic carbocycles. The van der Waals surface area contributed by atoms with Crippen molar-refractivity contribution in [1.82, 2.24) is 10.2 Å². The van der Waals surface area contributed by atoms with E-state index < -0.39 is 0 Å². The van der Waals surface area contributed by atoms with Crippen LogP contribution in [0.15, 0.2) is 49.7 Å². The van der Waals surface area contributed by atoms with E-state index in [2.05, 4.69) is 48.2 Å². The largest absolute Gasteiger partial charge is 0.390 e. The van der Waals surface area contributed by atoms with E-state index in [4.69, 9.17) is 0 Å². The van der Waals surface area contributed by atoms with Crippen molar-refractivity contribution in [3.63, 3.8) is 0 Å². The first-order valence-electron chi connectivity index (χ1n) is 9.19. The minimum atomic E-state index is 0.267. The molecule has 1 unspecified atom stereocenters. The zero-order valence-corrected chi connectivity index (χ0v) is 15.0. The maximum absolute atomic E-state index is 4.37. The van der Waals surface area contributed by atoms with E-state index in [1.165, 1.54) is 42.4 Å². The van der Waals surface area contributed by atoms with Gasteiger partial charge in [0.25, 0.3) is 0 Å². The SMILES string of the molecule is C=CCCC(C(=C)NC)N1Cc2cc(CC3CCC3)ccc2C1=C. The molecule has 1 aromatic rings. The van der Waals surface area contributed by atoms with E-state index in [0.717, 1.165) is 36.7 Å². The van der Waals surface area contributed by atoms with E-state index in [1.807, 2.05) is 13.1 Å². The summed E-state index contributed by atoms with van der Waals surface area (Å²) < 4.78 is 0. The monoisotopic (exact) mass is 322 g/mol. The molecule has 1 heterocycles. The number of nitrogens with zero attached hydrogens (tertiary/aromatic N) is 1. The van der Waals surface area contributed by atoms with Crippen LogP contribution in [0.4, 0.5) is 0 Å². The van der Waals surface area contributed by atoms with Crippen molar-refractivity contribution in [2.45, 2.75) is 51.1 Å². The standard InChI is InChI=1S/C22H30N2/c1-5-6-10-22(16(2)23-4)24-15-20-14-19(13-18-8-7-9-18)11-12-21(20)17(24)3/h5,11-12,14,18,22-23H,1-3,6-10,13,15H2,4H3. The molecule has 1 aliphatic heterocycles. The summed E-state index contributed by atoms with van der Waals surface area (Å²) in [4.78, 5) is 2.40. The number of hydrogen-bond donors (Lipinski definition) is 1. The van der Waals surface area contributed by atoms with Gasteiger partial charge >= 0.3 is 0 Å². The number of fused-ring (bicyclic) bond motifs is 1. The minimum absolute atomic E-state index is 0.267. The number of hydrogen-bond acceptors (Lipinski definition) is 2. The van der Waals surface area contributed by atoms with Gasteiger partial charge in [-0.1, -0.05) is 56.7 Å². The van der Waals surface area contributed by atoms with Gasteiger partial charge in [0.15, 0.2) is 0 Å². The summed E-state index contributed by atoms with van der Waals surface area (Å²) in [6.07, 6.45) is 9.45. The maximum atomic E-state index is 4.37. The summed E-state index contributed by atoms with van der Waals surface area (Å²) in [7, 11) is 1.95. The molecule has 2 heteroatoms. The van der Waals surface area contributed by atoms with E-state index in [1.54, 1.807) is 0 Å². The van der Waals surface area contributed by atoms with Crippen LogP contribution in [0.5, 0.6) is 0 Å². The van der Waals surface area contributed by atoms with E-state index in [-0.39, 0.29) is 6.04 Å². The highest BCUT2D eigenvalue weighted by Gasteiger charge is 2.29. The Kier molecular flexibility index (Phi) is 5.13. The molecule has 1 atom stereocenters. The number of rotatable bonds is 8. The highest BCUT2D eigenvalue weighted by atomic mass is 15.2. The summed E-state index contributed by atoms with van der Waals surface area (Å²) in [5, 5.41) is 3.24. The molecule has 2 aliphatic rings. The fourth-order valence-electron chi connectivity index (χ4n) is 3.91. The van der Waals surface area contributed by atoms with Crippen LogP contribution in [0.3, 0.4) is 0 Å². The molecule has 1 N–H and O–H groups in total. The van der Waals surface area contributed by atoms with Gasteiger partial charge in [-0.2, -0.15) is 0 Å². The molecule has 1 saturated carbocycles. The van der Waals surface area contributed by atoms with Gasteiger partial charge in [0.2, 0.25) is 0 Å². The predicted molar refractivity (Wildman–Crippen MR) is 103 cm³/mol. The molecule has 3 rings (SSSR count). The fraction of sp³-hybridized carbons (Fsp3) is 0.455. The first-order valence-corrected chi connectivity index (χ1v) is 9.19. The van der Waals surface area contributed by atoms with Crippen molar-refractivity contribution < 1.29 is 0 Å². The Labute approximate surface area is 146 Å². The molecule has 1 aliphatic carbocycles. The average molecular weight is 322 g/mol. The first-order chi connectivity index (χ1) is 11.6. The Morgan fingerprint density at radius 3 is 2.83 bits per heavy atom. The lowest BCUT2D eigenvalue weighted by Crippen LogP contribution is -2.35. The zero-order valence-electron chi connectivity index (χ0n) is 15.0. The third-order valence-corrected chi connectivity index (χ3v) is 5.66. The van der Waals surface area contributed by atoms with Crippen molar-refractivity contribution in [3.05, 3.63) is 66.4 Å². The van der Waals surface area contributed by atoms with Gasteiger partial charge in [-0.15, -0.1) is 6.58 Å². The maximum Gasteiger partial charge on any atom is 0.0688 e. The molecule has 2 nitrogen and oxygen atoms in total. The zero-order chi connectivity index (χ0) is 17.1. The van der Waals surface area contributed by atoms with E-state index >= 15 is 0 Å². The second-order valence-electron chi connectivity index (χ2n) is 7.22. The Hall–Kier alpha value is -1.96. The highest BCUT2D eigenvalue weighted by molar-refractivity contribution is 5.70. The van der Waals surface area contributed by atoms with Gasteiger partial charge in [0, 0.05) is 30.5 Å². The smallest absolute Gasteiger partial charge is 0.0688 e. The van der Waals surface area contributed by atoms with Crippen molar-refractivity contribution in [2.75, 3.05) is 7.05 Å². The normalized spacial score (nSPS) is 18.0. The van der Waals surface area contributed by atoms with Crippen LogP contribution in [0.2, 0.25) is 0 Å². The molecule has 128 valence electrons. The van der Waals surface area contributed by atoms with Crippen LogP contribution in [0, 0.1) is 5.92 Å². The van der Waals surface area contributed by atoms with Crippen LogP contribution >= 0.6 is 0 Å². The van der Waals surface area contributed by atoms with Crippen LogP contribution in [-0.4, -0.2) is 18.0 Å². The van der Waals surface area contributed by atoms with Gasteiger partial charge in [-0.05, 0) is 36.3 Å². The number of likely N-dealkylation sites (N-methyl/N-ethyl adjacent to an activating group) is 1. The quantitative estimate of drug-likeness (QED) is 0.686. The summed E-state index contributed by atoms with van der Waals surface area (Å²) in [6, 6.07) is 7.25. The van der Waals surface area contributed by atoms with E-state index in [9.17, 15) is 0 Å². The molecule has 0 bridgehead atoms. The summed E-state index contributed by atoms with van der Waals surface area (Å²) in [6.45, 7) is 13.4. The van der Waals surface area contributed by atoms with Gasteiger partial charge < -0.3 is 10.2 Å². The van der Waals surface area contributed by atoms with Crippen molar-refractivity contribution >= 4 is 5.70 Å². The first kappa shape index (κ1) is 16.9. The lowest BCUT2D eigenvalue weighted by atomic mass is 9.80. The summed E-state index contributed by atoms with van der Waals surface area (Å²) in [5.74, 6) is 0.910. The fourth-order valence-corrected chi connectivity index (χ4v) is 3.91. The molecule has 0 radical (unpaired) electrons. The molecular formula is C22H30N2. The average Bonchev–Trinajstić information content (AvgIpc) is 2.87. The van der Waals surface area contributed by atoms with Crippen molar-refractivity contribution in [3.8, 4) is 0 Å². The highest BCUT2D eigenvalue weighted by Crippen LogP contribution is 2.37. The van der Waals surface area contributed by atoms with Gasteiger partial charge in [0.05, 0.1) is 6.04 Å². The third kappa shape index (κ3) is 3.28. The predicted octanol–water partition coefficient (Wildman–Crippen LogP) is 4.88. The van der Waals surface area contributed by atoms with Crippen molar-refractivity contribution in [2.24, 2.45) is 5.92 Å². The lowest BCUT2D eigenvalue weighted by Gasteiger charge is -2.32. The molecular weight excluding hydrogens is 292 g/mol. The second-order valence-corrected chi connectivity index (χ2v) is 7.22. The molecule has 24 heavy (non-hydrogen) atoms. The number of nitrogens with one attached hydrogen (secondary N) is 1. The topological polar surface area (TPSA) is 15.3 Å². The van der Waals surface area contributed by atoms with Gasteiger partial charge in [0.1, 0.15) is 0 Å². The lowest BCUT2D eigenvalue weighted by molar-refractivity contribution is 0.310. The molecule has 0 amide bonds. The molecule has 1 fully saturated rings. The third-order valence-electron chi connectivity index (χ3n) is 5.66. The molecule has 0 spiro atoms. The van der Waals surface area contributed by atoms with Crippen LogP contribution in [0.25, 0.3) is 5.70 Å². The number of benzene rings is 1. The molecule has 0 saturated heterocycles. The summed E-state index contributed by atoms with van der Waals surface area (Å²) >= 11 is 0. The number of allylic oxidation sites excluding steroid dienone is 1. The Morgan fingerprint density at radius 1 is 1.42 bits per heavy atom. The van der Waals surface area contributed by atoms with Crippen molar-refractivity contribution in [1.29, 1.82) is 0 Å². The second kappa shape index (κ2) is 7.29. The Bertz CT molecular complexity index is 639. The summed E-state index contributed by atoms with van der Waals surface area (Å²) in [5.41, 5.74) is 6.40. The molecule has 0 aromatic heterocycles. The van der Waals surface area contributed by atoms with E-state index in [0.29, 0.717) is 0 Å². The van der Waals surface area contributed by atoms with Crippen LogP contribution < -0.4 is 5.32 Å². The Morgan fingerprint density at radius 2 is 2.21 bits per heavy atom. The van der Waals surface area contributed by atoms with Gasteiger partial charge in [-0.3, -0.25) is 0 Å². The Balaban J connectivity index is 1.77. The van der Waals surface area contributed by atoms with Crippen LogP contribution in [-0.2, 0) is 13.0 Å². The van der Waals surface area contributed by atoms with Crippen LogP contribution in [0.1, 0.15) is 48.8 Å².